The van der Waals surface area contributed by atoms with Gasteiger partial charge in [-0.05, 0) is 18.8 Å². The number of likely N-dealkylation sites (tertiary alicyclic amines) is 1. The van der Waals surface area contributed by atoms with Crippen molar-refractivity contribution >= 4 is 11.9 Å². The van der Waals surface area contributed by atoms with Crippen LogP contribution in [0.5, 0.6) is 0 Å². The molecule has 102 valence electrons. The molecule has 1 saturated heterocycles. The fourth-order valence-electron chi connectivity index (χ4n) is 2.53. The molecule has 2 atom stereocenters. The van der Waals surface area contributed by atoms with Crippen molar-refractivity contribution in [2.75, 3.05) is 6.54 Å². The third kappa shape index (κ3) is 2.52. The van der Waals surface area contributed by atoms with E-state index in [1.165, 1.54) is 23.4 Å². The molecule has 19 heavy (non-hydrogen) atoms. The molecule has 0 aliphatic carbocycles. The fraction of sp³-hybridized carbons (Fsp3) is 0.462. The van der Waals surface area contributed by atoms with Gasteiger partial charge in [0.25, 0.3) is 5.91 Å². The molecule has 1 aromatic rings. The number of carbonyl (C=O) groups is 2. The molecular formula is C13H16N2O4. The van der Waals surface area contributed by atoms with Crippen LogP contribution >= 0.6 is 0 Å². The van der Waals surface area contributed by atoms with Gasteiger partial charge in [0.1, 0.15) is 11.6 Å². The summed E-state index contributed by atoms with van der Waals surface area (Å²) in [6.07, 6.45) is 4.28. The zero-order valence-corrected chi connectivity index (χ0v) is 10.6. The number of carboxylic acids is 1. The standard InChI is InChI=1S/C13H16N2O4/c1-8-3-2-6-15(11(8)13(18)19)12(17)9-7-14-5-4-10(9)16/h4-5,7-8,11H,2-3,6H2,1H3,(H,14,16)(H,18,19). The van der Waals surface area contributed by atoms with Crippen molar-refractivity contribution in [2.24, 2.45) is 5.92 Å². The van der Waals surface area contributed by atoms with Gasteiger partial charge in [-0.1, -0.05) is 6.92 Å². The fourth-order valence-corrected chi connectivity index (χ4v) is 2.53. The molecule has 0 bridgehead atoms. The average Bonchev–Trinajstić information content (AvgIpc) is 2.37. The number of amides is 1. The lowest BCUT2D eigenvalue weighted by Gasteiger charge is -2.37. The summed E-state index contributed by atoms with van der Waals surface area (Å²) in [7, 11) is 0. The molecule has 0 saturated carbocycles. The number of carboxylic acid groups (broad SMARTS) is 1. The molecule has 6 heteroatoms. The normalized spacial score (nSPS) is 23.1. The minimum atomic E-state index is -1.02. The van der Waals surface area contributed by atoms with Crippen LogP contribution in [0.4, 0.5) is 0 Å². The third-order valence-corrected chi connectivity index (χ3v) is 3.50. The molecule has 2 unspecified atom stereocenters. The third-order valence-electron chi connectivity index (χ3n) is 3.50. The molecule has 2 N–H and O–H groups in total. The maximum absolute atomic E-state index is 12.3. The number of H-pyrrole nitrogens is 1. The monoisotopic (exact) mass is 264 g/mol. The second-order valence-corrected chi connectivity index (χ2v) is 4.82. The predicted molar refractivity (Wildman–Crippen MR) is 67.9 cm³/mol. The van der Waals surface area contributed by atoms with Gasteiger partial charge in [0.15, 0.2) is 5.43 Å². The van der Waals surface area contributed by atoms with Crippen molar-refractivity contribution in [2.45, 2.75) is 25.8 Å². The maximum Gasteiger partial charge on any atom is 0.326 e. The maximum atomic E-state index is 12.3. The van der Waals surface area contributed by atoms with E-state index in [0.29, 0.717) is 6.54 Å². The van der Waals surface area contributed by atoms with Gasteiger partial charge in [0.05, 0.1) is 0 Å². The summed E-state index contributed by atoms with van der Waals surface area (Å²) < 4.78 is 0. The molecule has 0 aromatic carbocycles. The van der Waals surface area contributed by atoms with Crippen LogP contribution < -0.4 is 5.43 Å². The molecule has 2 heterocycles. The van der Waals surface area contributed by atoms with Gasteiger partial charge >= 0.3 is 5.97 Å². The Morgan fingerprint density at radius 1 is 1.47 bits per heavy atom. The first kappa shape index (κ1) is 13.3. The highest BCUT2D eigenvalue weighted by molar-refractivity contribution is 5.96. The molecule has 6 nitrogen and oxygen atoms in total. The lowest BCUT2D eigenvalue weighted by Crippen LogP contribution is -2.52. The van der Waals surface area contributed by atoms with Crippen LogP contribution in [0, 0.1) is 5.92 Å². The smallest absolute Gasteiger partial charge is 0.326 e. The Morgan fingerprint density at radius 2 is 2.21 bits per heavy atom. The highest BCUT2D eigenvalue weighted by atomic mass is 16.4. The molecule has 1 aliphatic rings. The number of aromatic amines is 1. The Hall–Kier alpha value is -2.11. The van der Waals surface area contributed by atoms with Crippen LogP contribution in [0.3, 0.4) is 0 Å². The van der Waals surface area contributed by atoms with Gasteiger partial charge in [0, 0.05) is 25.0 Å². The molecule has 0 radical (unpaired) electrons. The summed E-state index contributed by atoms with van der Waals surface area (Å²) >= 11 is 0. The average molecular weight is 264 g/mol. The minimum absolute atomic E-state index is 0.0112. The summed E-state index contributed by atoms with van der Waals surface area (Å²) in [5.74, 6) is -1.65. The molecule has 0 spiro atoms. The lowest BCUT2D eigenvalue weighted by atomic mass is 9.90. The van der Waals surface area contributed by atoms with Crippen molar-refractivity contribution in [1.82, 2.24) is 9.88 Å². The number of rotatable bonds is 2. The number of aliphatic carboxylic acids is 1. The Labute approximate surface area is 110 Å². The van der Waals surface area contributed by atoms with Gasteiger partial charge in [-0.15, -0.1) is 0 Å². The molecule has 2 rings (SSSR count). The van der Waals surface area contributed by atoms with Crippen LogP contribution in [0.15, 0.2) is 23.3 Å². The number of hydrogen-bond acceptors (Lipinski definition) is 3. The Bertz CT molecular complexity index is 552. The predicted octanol–water partition coefficient (Wildman–Crippen LogP) is 0.700. The molecular weight excluding hydrogens is 248 g/mol. The van der Waals surface area contributed by atoms with Crippen LogP contribution in [-0.2, 0) is 4.79 Å². The van der Waals surface area contributed by atoms with E-state index in [4.69, 9.17) is 0 Å². The Kier molecular flexibility index (Phi) is 3.69. The zero-order chi connectivity index (χ0) is 14.0. The Balaban J connectivity index is 2.34. The number of piperidine rings is 1. The van der Waals surface area contributed by atoms with E-state index in [0.717, 1.165) is 12.8 Å². The van der Waals surface area contributed by atoms with Gasteiger partial charge in [-0.3, -0.25) is 9.59 Å². The van der Waals surface area contributed by atoms with Crippen molar-refractivity contribution in [1.29, 1.82) is 0 Å². The van der Waals surface area contributed by atoms with E-state index >= 15 is 0 Å². The van der Waals surface area contributed by atoms with E-state index in [1.807, 2.05) is 6.92 Å². The molecule has 1 amide bonds. The number of pyridine rings is 1. The number of nitrogens with one attached hydrogen (secondary N) is 1. The number of nitrogens with zero attached hydrogens (tertiary/aromatic N) is 1. The Morgan fingerprint density at radius 3 is 2.84 bits per heavy atom. The van der Waals surface area contributed by atoms with Crippen molar-refractivity contribution in [3.05, 3.63) is 34.2 Å². The van der Waals surface area contributed by atoms with Crippen LogP contribution in [0.25, 0.3) is 0 Å². The highest BCUT2D eigenvalue weighted by Crippen LogP contribution is 2.24. The summed E-state index contributed by atoms with van der Waals surface area (Å²) in [6.45, 7) is 2.18. The van der Waals surface area contributed by atoms with Crippen molar-refractivity contribution < 1.29 is 14.7 Å². The topological polar surface area (TPSA) is 90.5 Å². The van der Waals surface area contributed by atoms with Gasteiger partial charge in [-0.25, -0.2) is 4.79 Å². The number of hydrogen-bond donors (Lipinski definition) is 2. The van der Waals surface area contributed by atoms with E-state index in [9.17, 15) is 19.5 Å². The van der Waals surface area contributed by atoms with Gasteiger partial charge in [-0.2, -0.15) is 0 Å². The van der Waals surface area contributed by atoms with Gasteiger partial charge < -0.3 is 15.0 Å². The second-order valence-electron chi connectivity index (χ2n) is 4.82. The van der Waals surface area contributed by atoms with E-state index < -0.39 is 23.3 Å². The van der Waals surface area contributed by atoms with Crippen LogP contribution in [0.1, 0.15) is 30.1 Å². The second kappa shape index (κ2) is 5.26. The summed E-state index contributed by atoms with van der Waals surface area (Å²) in [5.41, 5.74) is -0.408. The van der Waals surface area contributed by atoms with Gasteiger partial charge in [0.2, 0.25) is 0 Å². The van der Waals surface area contributed by atoms with E-state index in [1.54, 1.807) is 0 Å². The first-order chi connectivity index (χ1) is 9.02. The largest absolute Gasteiger partial charge is 0.480 e. The molecule has 1 fully saturated rings. The first-order valence-electron chi connectivity index (χ1n) is 6.23. The zero-order valence-electron chi connectivity index (χ0n) is 10.6. The lowest BCUT2D eigenvalue weighted by molar-refractivity contribution is -0.145. The number of aromatic nitrogens is 1. The molecule has 1 aliphatic heterocycles. The highest BCUT2D eigenvalue weighted by Gasteiger charge is 2.37. The summed E-state index contributed by atoms with van der Waals surface area (Å²) in [5, 5.41) is 9.26. The van der Waals surface area contributed by atoms with Crippen LogP contribution in [0.2, 0.25) is 0 Å². The SMILES string of the molecule is CC1CCCN(C(=O)c2c[nH]ccc2=O)C1C(=O)O. The summed E-state index contributed by atoms with van der Waals surface area (Å²) in [4.78, 5) is 39.3. The van der Waals surface area contributed by atoms with Crippen LogP contribution in [-0.4, -0.2) is 39.5 Å². The molecule has 1 aromatic heterocycles. The van der Waals surface area contributed by atoms with E-state index in [-0.39, 0.29) is 11.5 Å². The van der Waals surface area contributed by atoms with E-state index in [2.05, 4.69) is 4.98 Å². The summed E-state index contributed by atoms with van der Waals surface area (Å²) in [6, 6.07) is 0.400. The quantitative estimate of drug-likeness (QED) is 0.822. The number of carbonyl (C=O) groups excluding carboxylic acids is 1. The minimum Gasteiger partial charge on any atom is -0.480 e. The first-order valence-corrected chi connectivity index (χ1v) is 6.23. The van der Waals surface area contributed by atoms with Crippen molar-refractivity contribution in [3.8, 4) is 0 Å². The van der Waals surface area contributed by atoms with Crippen molar-refractivity contribution in [3.63, 3.8) is 0 Å².